The summed E-state index contributed by atoms with van der Waals surface area (Å²) in [7, 11) is 0. The van der Waals surface area contributed by atoms with E-state index in [1.807, 2.05) is 6.20 Å². The van der Waals surface area contributed by atoms with Crippen molar-refractivity contribution in [1.82, 2.24) is 9.88 Å². The highest BCUT2D eigenvalue weighted by Gasteiger charge is 2.11. The summed E-state index contributed by atoms with van der Waals surface area (Å²) in [5.41, 5.74) is 1.31. The second kappa shape index (κ2) is 4.87. The van der Waals surface area contributed by atoms with Gasteiger partial charge in [0.05, 0.1) is 0 Å². The van der Waals surface area contributed by atoms with Crippen molar-refractivity contribution in [2.24, 2.45) is 0 Å². The zero-order chi connectivity index (χ0) is 8.39. The molecule has 0 saturated carbocycles. The number of aromatic nitrogens is 1. The van der Waals surface area contributed by atoms with Crippen molar-refractivity contribution in [2.45, 2.75) is 19.4 Å². The first-order valence-corrected chi connectivity index (χ1v) is 5.19. The van der Waals surface area contributed by atoms with E-state index in [1.54, 1.807) is 0 Å². The van der Waals surface area contributed by atoms with Crippen LogP contribution in [0.4, 0.5) is 0 Å². The van der Waals surface area contributed by atoms with E-state index in [9.17, 15) is 0 Å². The Morgan fingerprint density at radius 2 is 2.08 bits per heavy atom. The van der Waals surface area contributed by atoms with Crippen LogP contribution in [-0.2, 0) is 6.54 Å². The fourth-order valence-electron chi connectivity index (χ4n) is 1.68. The smallest absolute Gasteiger partial charge is 0.0385 e. The van der Waals surface area contributed by atoms with Gasteiger partial charge in [-0.05, 0) is 47.9 Å². The summed E-state index contributed by atoms with van der Waals surface area (Å²) >= 11 is 3.43. The van der Waals surface area contributed by atoms with Crippen molar-refractivity contribution in [3.63, 3.8) is 0 Å². The molecular weight excluding hydrogens is 227 g/mol. The van der Waals surface area contributed by atoms with Crippen LogP contribution in [0.15, 0.2) is 16.7 Å². The lowest BCUT2D eigenvalue weighted by Crippen LogP contribution is -2.18. The third-order valence-electron chi connectivity index (χ3n) is 2.30. The van der Waals surface area contributed by atoms with Crippen LogP contribution in [0, 0.1) is 0 Å². The second-order valence-electron chi connectivity index (χ2n) is 3.33. The molecule has 69 valence electrons. The first kappa shape index (κ1) is 10.9. The van der Waals surface area contributed by atoms with Crippen LogP contribution in [0.5, 0.6) is 0 Å². The van der Waals surface area contributed by atoms with Crippen molar-refractivity contribution >= 4 is 24.3 Å². The van der Waals surface area contributed by atoms with E-state index in [4.69, 9.17) is 0 Å². The predicted octanol–water partition coefficient (Wildman–Crippen LogP) is 1.99. The molecule has 1 saturated heterocycles. The van der Waals surface area contributed by atoms with Gasteiger partial charge in [-0.3, -0.25) is 4.90 Å². The van der Waals surface area contributed by atoms with E-state index < -0.39 is 0 Å². The van der Waals surface area contributed by atoms with Gasteiger partial charge < -0.3 is 4.98 Å². The Labute approximate surface area is 89.4 Å². The molecule has 2 heterocycles. The largest absolute Gasteiger partial charge is 0.363 e. The predicted molar refractivity (Wildman–Crippen MR) is 58.8 cm³/mol. The number of hydrogen-bond acceptors (Lipinski definition) is 1. The van der Waals surface area contributed by atoms with Gasteiger partial charge in [0.1, 0.15) is 0 Å². The fraction of sp³-hybridized carbons (Fsp3) is 0.556. The molecule has 1 aromatic heterocycles. The van der Waals surface area contributed by atoms with Gasteiger partial charge in [-0.1, -0.05) is 0 Å². The molecule has 0 aromatic carbocycles. The molecule has 2 rings (SSSR count). The van der Waals surface area contributed by atoms with Crippen LogP contribution in [0.3, 0.4) is 0 Å². The van der Waals surface area contributed by atoms with Crippen LogP contribution < -0.4 is 0 Å². The number of aromatic amines is 1. The molecule has 0 amide bonds. The van der Waals surface area contributed by atoms with Gasteiger partial charge in [0, 0.05) is 31.3 Å². The fourth-order valence-corrected chi connectivity index (χ4v) is 2.08. The normalized spacial score (nSPS) is 17.3. The van der Waals surface area contributed by atoms with Crippen LogP contribution in [0.1, 0.15) is 18.5 Å². The molecule has 1 fully saturated rings. The van der Waals surface area contributed by atoms with E-state index in [2.05, 4.69) is 31.9 Å². The zero-order valence-electron chi connectivity index (χ0n) is 7.59. The van der Waals surface area contributed by atoms with E-state index in [0.717, 1.165) is 11.0 Å². The molecule has 4 heteroatoms. The van der Waals surface area contributed by atoms with Gasteiger partial charge in [-0.25, -0.2) is 0 Å². The van der Waals surface area contributed by atoms with Crippen molar-refractivity contribution in [2.75, 3.05) is 13.1 Å². The van der Waals surface area contributed by atoms with E-state index >= 15 is 0 Å². The van der Waals surface area contributed by atoms with Crippen LogP contribution >= 0.6 is 15.9 Å². The molecule has 1 N–H and O–H groups in total. The maximum atomic E-state index is 3.43. The lowest BCUT2D eigenvalue weighted by atomic mass is 10.4. The molecule has 0 atom stereocenters. The summed E-state index contributed by atoms with van der Waals surface area (Å²) in [6.45, 7) is 3.60. The zero-order valence-corrected chi connectivity index (χ0v) is 9.18. The summed E-state index contributed by atoms with van der Waals surface area (Å²) < 4.78 is 1.15. The minimum absolute atomic E-state index is 0. The summed E-state index contributed by atoms with van der Waals surface area (Å²) in [6, 6.07) is 2.15. The molecule has 0 unspecified atom stereocenters. The Hall–Kier alpha value is -0.215. The Balaban J connectivity index is 0.000000845. The highest BCUT2D eigenvalue weighted by molar-refractivity contribution is 9.10. The Morgan fingerprint density at radius 3 is 2.62 bits per heavy atom. The summed E-state index contributed by atoms with van der Waals surface area (Å²) in [5, 5.41) is 0. The molecule has 1 aromatic rings. The Kier molecular flexibility index (Phi) is 4.07. The van der Waals surface area contributed by atoms with Gasteiger partial charge in [0.25, 0.3) is 0 Å². The van der Waals surface area contributed by atoms with Gasteiger partial charge in [-0.15, -0.1) is 0 Å². The maximum Gasteiger partial charge on any atom is 0.0385 e. The summed E-state index contributed by atoms with van der Waals surface area (Å²) in [4.78, 5) is 5.73. The van der Waals surface area contributed by atoms with Gasteiger partial charge >= 0.3 is 0 Å². The molecule has 1 aliphatic rings. The van der Waals surface area contributed by atoms with Crippen LogP contribution in [0.25, 0.3) is 0 Å². The van der Waals surface area contributed by atoms with Gasteiger partial charge in [0.15, 0.2) is 0 Å². The van der Waals surface area contributed by atoms with Crippen LogP contribution in [-0.4, -0.2) is 31.4 Å². The average molecular weight is 240 g/mol. The topological polar surface area (TPSA) is 19.0 Å². The van der Waals surface area contributed by atoms with Crippen molar-refractivity contribution in [3.05, 3.63) is 22.4 Å². The van der Waals surface area contributed by atoms with Gasteiger partial charge in [0.2, 0.25) is 0 Å². The summed E-state index contributed by atoms with van der Waals surface area (Å²) in [6.07, 6.45) is 4.72. The standard InChI is InChI=1S/C9H13BrN2.B/c10-8-5-9(11-6-8)7-12-3-1-2-4-12;/h5-6,11H,1-4,7H2;. The first-order chi connectivity index (χ1) is 5.84. The molecule has 0 aliphatic carbocycles. The third kappa shape index (κ3) is 2.88. The van der Waals surface area contributed by atoms with Crippen molar-refractivity contribution in [3.8, 4) is 0 Å². The van der Waals surface area contributed by atoms with Gasteiger partial charge in [-0.2, -0.15) is 0 Å². The van der Waals surface area contributed by atoms with Crippen LogP contribution in [0.2, 0.25) is 0 Å². The van der Waals surface area contributed by atoms with E-state index in [-0.39, 0.29) is 8.41 Å². The number of hydrogen-bond donors (Lipinski definition) is 1. The van der Waals surface area contributed by atoms with Crippen molar-refractivity contribution < 1.29 is 0 Å². The third-order valence-corrected chi connectivity index (χ3v) is 2.76. The lowest BCUT2D eigenvalue weighted by molar-refractivity contribution is 0.328. The summed E-state index contributed by atoms with van der Waals surface area (Å²) in [5.74, 6) is 0. The van der Waals surface area contributed by atoms with Crippen molar-refractivity contribution in [1.29, 1.82) is 0 Å². The minimum atomic E-state index is 0. The quantitative estimate of drug-likeness (QED) is 0.783. The molecule has 0 spiro atoms. The average Bonchev–Trinajstić information content (AvgIpc) is 2.63. The highest BCUT2D eigenvalue weighted by Crippen LogP contribution is 2.15. The number of likely N-dealkylation sites (tertiary alicyclic amines) is 1. The number of halogens is 1. The number of nitrogens with zero attached hydrogens (tertiary/aromatic N) is 1. The molecule has 1 aliphatic heterocycles. The van der Waals surface area contributed by atoms with E-state index in [1.165, 1.54) is 31.6 Å². The SMILES string of the molecule is Brc1c[nH]c(CN2CCCC2)c1.[B]. The number of H-pyrrole nitrogens is 1. The number of nitrogens with one attached hydrogen (secondary N) is 1. The maximum absolute atomic E-state index is 3.43. The first-order valence-electron chi connectivity index (χ1n) is 4.40. The number of rotatable bonds is 2. The molecule has 3 radical (unpaired) electrons. The Bertz CT molecular complexity index is 256. The highest BCUT2D eigenvalue weighted by atomic mass is 79.9. The molecule has 2 nitrogen and oxygen atoms in total. The second-order valence-corrected chi connectivity index (χ2v) is 4.24. The molecule has 0 bridgehead atoms. The molecule has 13 heavy (non-hydrogen) atoms. The van der Waals surface area contributed by atoms with E-state index in [0.29, 0.717) is 0 Å². The molecular formula is C9H13BBrN2. The lowest BCUT2D eigenvalue weighted by Gasteiger charge is -2.12. The minimum Gasteiger partial charge on any atom is -0.363 e. The monoisotopic (exact) mass is 239 g/mol. The Morgan fingerprint density at radius 1 is 1.38 bits per heavy atom.